The molecule has 0 spiro atoms. The SMILES string of the molecule is CC1(C)C2=C(C=CCC2)c2cc3c4cc(-n5c6ccc(-c7ccccc7)cc6c6cc(-c7ccccc7)ccc65)cc5c4n(c3cc21)-c1ccccc1C5(C)C. The van der Waals surface area contributed by atoms with Crippen LogP contribution >= 0.6 is 0 Å². The van der Waals surface area contributed by atoms with Gasteiger partial charge in [-0.3, -0.25) is 0 Å². The van der Waals surface area contributed by atoms with Crippen LogP contribution in [0.25, 0.3) is 82.8 Å². The molecular weight excluding hydrogens is 677 g/mol. The summed E-state index contributed by atoms with van der Waals surface area (Å²) in [6, 6.07) is 54.8. The first-order valence-corrected chi connectivity index (χ1v) is 20.2. The molecule has 0 amide bonds. The summed E-state index contributed by atoms with van der Waals surface area (Å²) in [6.45, 7) is 9.71. The fourth-order valence-corrected chi connectivity index (χ4v) is 10.8. The molecule has 0 saturated heterocycles. The molecule has 12 rings (SSSR count). The summed E-state index contributed by atoms with van der Waals surface area (Å²) >= 11 is 0. The Morgan fingerprint density at radius 1 is 0.464 bits per heavy atom. The minimum atomic E-state index is -0.210. The third-order valence-electron chi connectivity index (χ3n) is 13.6. The average Bonchev–Trinajstić information content (AvgIpc) is 3.82. The van der Waals surface area contributed by atoms with Crippen LogP contribution in [0.3, 0.4) is 0 Å². The Hall–Kier alpha value is -6.38. The normalized spacial score (nSPS) is 16.2. The summed E-state index contributed by atoms with van der Waals surface area (Å²) in [5.41, 5.74) is 20.9. The first kappa shape index (κ1) is 31.9. The molecule has 2 aliphatic carbocycles. The van der Waals surface area contributed by atoms with Gasteiger partial charge < -0.3 is 9.13 Å². The van der Waals surface area contributed by atoms with E-state index < -0.39 is 0 Å². The minimum Gasteiger partial charge on any atom is -0.309 e. The van der Waals surface area contributed by atoms with Gasteiger partial charge in [-0.25, -0.2) is 0 Å². The van der Waals surface area contributed by atoms with Gasteiger partial charge in [-0.15, -0.1) is 0 Å². The van der Waals surface area contributed by atoms with Gasteiger partial charge in [0, 0.05) is 38.1 Å². The molecule has 2 nitrogen and oxygen atoms in total. The molecule has 1 aliphatic heterocycles. The predicted molar refractivity (Wildman–Crippen MR) is 236 cm³/mol. The fraction of sp³-hybridized carbons (Fsp3) is 0.148. The summed E-state index contributed by atoms with van der Waals surface area (Å²) in [5.74, 6) is 0. The lowest BCUT2D eigenvalue weighted by atomic mass is 9.74. The maximum atomic E-state index is 2.60. The average molecular weight is 719 g/mol. The highest BCUT2D eigenvalue weighted by Crippen LogP contribution is 2.54. The van der Waals surface area contributed by atoms with Crippen LogP contribution in [0.4, 0.5) is 0 Å². The van der Waals surface area contributed by atoms with E-state index in [0.29, 0.717) is 0 Å². The largest absolute Gasteiger partial charge is 0.309 e. The molecule has 0 radical (unpaired) electrons. The van der Waals surface area contributed by atoms with Gasteiger partial charge in [-0.2, -0.15) is 0 Å². The second-order valence-corrected chi connectivity index (χ2v) is 17.3. The standard InChI is InChI=1S/C54H42N2/c1-53(2)44-20-12-11-19-38(44)39-31-42-43-29-37(30-47-52(43)56(51(42)32-46(39)53)50-22-14-13-21-45(50)54(47,3)4)55-48-25-23-35(33-15-7-5-8-16-33)27-40(48)41-28-36(24-26-49(41)55)34-17-9-6-10-18-34/h5-11,13-19,21-32H,12,20H2,1-4H3. The van der Waals surface area contributed by atoms with Crippen molar-refractivity contribution < 1.29 is 0 Å². The molecule has 0 atom stereocenters. The van der Waals surface area contributed by atoms with Crippen LogP contribution < -0.4 is 0 Å². The van der Waals surface area contributed by atoms with E-state index in [4.69, 9.17) is 0 Å². The third-order valence-corrected chi connectivity index (χ3v) is 13.6. The van der Waals surface area contributed by atoms with Crippen molar-refractivity contribution in [3.8, 4) is 33.6 Å². The number of rotatable bonds is 3. The number of aromatic nitrogens is 2. The maximum Gasteiger partial charge on any atom is 0.0583 e. The first-order valence-electron chi connectivity index (χ1n) is 20.2. The van der Waals surface area contributed by atoms with Crippen molar-refractivity contribution in [2.24, 2.45) is 0 Å². The number of para-hydroxylation sites is 1. The Morgan fingerprint density at radius 2 is 1.09 bits per heavy atom. The van der Waals surface area contributed by atoms with Gasteiger partial charge in [0.2, 0.25) is 0 Å². The molecule has 9 aromatic rings. The van der Waals surface area contributed by atoms with Crippen LogP contribution in [0.2, 0.25) is 0 Å². The molecular formula is C54H42N2. The van der Waals surface area contributed by atoms with Gasteiger partial charge in [0.25, 0.3) is 0 Å². The molecule has 0 saturated carbocycles. The number of hydrogen-bond donors (Lipinski definition) is 0. The molecule has 268 valence electrons. The van der Waals surface area contributed by atoms with Gasteiger partial charge in [-0.05, 0) is 118 Å². The highest BCUT2D eigenvalue weighted by atomic mass is 15.0. The lowest BCUT2D eigenvalue weighted by Crippen LogP contribution is -2.26. The van der Waals surface area contributed by atoms with Crippen LogP contribution in [0, 0.1) is 0 Å². The number of hydrogen-bond acceptors (Lipinski definition) is 0. The van der Waals surface area contributed by atoms with Gasteiger partial charge in [0.1, 0.15) is 0 Å². The minimum absolute atomic E-state index is 0.00196. The van der Waals surface area contributed by atoms with Crippen molar-refractivity contribution in [1.29, 1.82) is 0 Å². The van der Waals surface area contributed by atoms with Crippen molar-refractivity contribution in [1.82, 2.24) is 9.13 Å². The third kappa shape index (κ3) is 4.17. The van der Waals surface area contributed by atoms with Crippen molar-refractivity contribution in [2.75, 3.05) is 0 Å². The number of nitrogens with zero attached hydrogens (tertiary/aromatic N) is 2. The van der Waals surface area contributed by atoms with E-state index >= 15 is 0 Å². The summed E-state index contributed by atoms with van der Waals surface area (Å²) < 4.78 is 5.13. The van der Waals surface area contributed by atoms with Crippen LogP contribution in [0.15, 0.2) is 163 Å². The van der Waals surface area contributed by atoms with Gasteiger partial charge in [0.15, 0.2) is 0 Å². The quantitative estimate of drug-likeness (QED) is 0.172. The summed E-state index contributed by atoms with van der Waals surface area (Å²) in [7, 11) is 0. The molecule has 7 aromatic carbocycles. The molecule has 0 N–H and O–H groups in total. The molecule has 0 bridgehead atoms. The van der Waals surface area contributed by atoms with Crippen LogP contribution in [0.5, 0.6) is 0 Å². The van der Waals surface area contributed by atoms with Crippen LogP contribution in [0.1, 0.15) is 62.8 Å². The summed E-state index contributed by atoms with van der Waals surface area (Å²) in [5, 5.41) is 5.18. The lowest BCUT2D eigenvalue weighted by molar-refractivity contribution is 0.607. The highest BCUT2D eigenvalue weighted by Gasteiger charge is 2.40. The monoisotopic (exact) mass is 718 g/mol. The first-order chi connectivity index (χ1) is 27.3. The molecule has 3 heterocycles. The topological polar surface area (TPSA) is 9.86 Å². The fourth-order valence-electron chi connectivity index (χ4n) is 10.8. The summed E-state index contributed by atoms with van der Waals surface area (Å²) in [6.07, 6.45) is 7.03. The predicted octanol–water partition coefficient (Wildman–Crippen LogP) is 14.2. The van der Waals surface area contributed by atoms with E-state index in [2.05, 4.69) is 195 Å². The Labute approximate surface area is 327 Å². The van der Waals surface area contributed by atoms with Gasteiger partial charge in [-0.1, -0.05) is 136 Å². The van der Waals surface area contributed by atoms with Crippen molar-refractivity contribution >= 4 is 49.2 Å². The van der Waals surface area contributed by atoms with Crippen molar-refractivity contribution in [2.45, 2.75) is 51.4 Å². The van der Waals surface area contributed by atoms with Gasteiger partial charge in [0.05, 0.1) is 27.8 Å². The van der Waals surface area contributed by atoms with E-state index in [0.717, 1.165) is 12.8 Å². The van der Waals surface area contributed by atoms with E-state index in [-0.39, 0.29) is 10.8 Å². The Morgan fingerprint density at radius 3 is 1.77 bits per heavy atom. The zero-order valence-electron chi connectivity index (χ0n) is 32.3. The van der Waals surface area contributed by atoms with Gasteiger partial charge >= 0.3 is 0 Å². The van der Waals surface area contributed by atoms with E-state index in [9.17, 15) is 0 Å². The number of fused-ring (bicyclic) bond motifs is 10. The van der Waals surface area contributed by atoms with E-state index in [1.54, 1.807) is 5.57 Å². The molecule has 3 aliphatic rings. The smallest absolute Gasteiger partial charge is 0.0583 e. The summed E-state index contributed by atoms with van der Waals surface area (Å²) in [4.78, 5) is 0. The molecule has 2 heteroatoms. The Balaban J connectivity index is 1.20. The van der Waals surface area contributed by atoms with Crippen LogP contribution in [-0.2, 0) is 10.8 Å². The van der Waals surface area contributed by atoms with Crippen LogP contribution in [-0.4, -0.2) is 9.13 Å². The molecule has 0 fully saturated rings. The van der Waals surface area contributed by atoms with Crippen molar-refractivity contribution in [3.05, 3.63) is 186 Å². The highest BCUT2D eigenvalue weighted by molar-refractivity contribution is 6.16. The Bertz CT molecular complexity index is 3120. The maximum absolute atomic E-state index is 2.60. The molecule has 56 heavy (non-hydrogen) atoms. The Kier molecular flexibility index (Phi) is 6.33. The zero-order valence-corrected chi connectivity index (χ0v) is 32.3. The molecule has 2 aromatic heterocycles. The van der Waals surface area contributed by atoms with E-state index in [1.165, 1.54) is 105 Å². The lowest BCUT2D eigenvalue weighted by Gasteiger charge is -2.35. The van der Waals surface area contributed by atoms with Crippen molar-refractivity contribution in [3.63, 3.8) is 0 Å². The van der Waals surface area contributed by atoms with E-state index in [1.807, 2.05) is 0 Å². The zero-order chi connectivity index (χ0) is 37.5. The number of benzene rings is 7. The molecule has 0 unspecified atom stereocenters. The second-order valence-electron chi connectivity index (χ2n) is 17.3. The number of allylic oxidation sites excluding steroid dienone is 4. The second kappa shape index (κ2) is 11.1.